The standard InChI is InChI=1S/C10H22N3OP/c1-5-11(6-2)15(14,12-7-9(12)3)13-8-10(13)4/h9-10H,5-8H2,1-4H3/t9-,10-,12?,13?,15?/m1/s1. The third-order valence-corrected chi connectivity index (χ3v) is 7.18. The smallest absolute Gasteiger partial charge is 0.270 e. The first-order chi connectivity index (χ1) is 7.05. The third kappa shape index (κ3) is 1.78. The average Bonchev–Trinajstić information content (AvgIpc) is 3.07. The molecule has 0 bridgehead atoms. The predicted molar refractivity (Wildman–Crippen MR) is 62.9 cm³/mol. The van der Waals surface area contributed by atoms with E-state index in [1.807, 2.05) is 0 Å². The van der Waals surface area contributed by atoms with Gasteiger partial charge in [0.05, 0.1) is 0 Å². The second-order valence-electron chi connectivity index (χ2n) is 4.59. The van der Waals surface area contributed by atoms with E-state index in [2.05, 4.69) is 41.7 Å². The van der Waals surface area contributed by atoms with Crippen molar-refractivity contribution >= 4 is 7.59 Å². The van der Waals surface area contributed by atoms with Crippen LogP contribution >= 0.6 is 7.59 Å². The molecule has 4 nitrogen and oxygen atoms in total. The van der Waals surface area contributed by atoms with E-state index in [1.54, 1.807) is 0 Å². The van der Waals surface area contributed by atoms with Gasteiger partial charge in [0.15, 0.2) is 0 Å². The minimum absolute atomic E-state index is 0.504. The summed E-state index contributed by atoms with van der Waals surface area (Å²) in [6, 6.07) is 1.01. The topological polar surface area (TPSA) is 26.3 Å². The molecular weight excluding hydrogens is 209 g/mol. The van der Waals surface area contributed by atoms with Crippen molar-refractivity contribution in [3.8, 4) is 0 Å². The van der Waals surface area contributed by atoms with E-state index in [0.29, 0.717) is 12.1 Å². The Morgan fingerprint density at radius 2 is 1.47 bits per heavy atom. The molecule has 0 aromatic rings. The molecule has 0 spiro atoms. The van der Waals surface area contributed by atoms with Crippen molar-refractivity contribution in [1.82, 2.24) is 14.0 Å². The molecule has 5 heteroatoms. The molecule has 4 atom stereocenters. The van der Waals surface area contributed by atoms with Gasteiger partial charge in [0.1, 0.15) is 0 Å². The molecule has 2 saturated heterocycles. The Kier molecular flexibility index (Phi) is 2.97. The lowest BCUT2D eigenvalue weighted by Gasteiger charge is -2.32. The van der Waals surface area contributed by atoms with Gasteiger partial charge in [0.2, 0.25) is 0 Å². The van der Waals surface area contributed by atoms with Gasteiger partial charge in [0, 0.05) is 38.3 Å². The Morgan fingerprint density at radius 1 is 1.13 bits per heavy atom. The van der Waals surface area contributed by atoms with Gasteiger partial charge in [-0.25, -0.2) is 14.0 Å². The summed E-state index contributed by atoms with van der Waals surface area (Å²) in [7, 11) is -2.36. The van der Waals surface area contributed by atoms with Gasteiger partial charge in [-0.05, 0) is 13.8 Å². The van der Waals surface area contributed by atoms with Crippen molar-refractivity contribution in [2.24, 2.45) is 0 Å². The van der Waals surface area contributed by atoms with Gasteiger partial charge in [-0.15, -0.1) is 0 Å². The molecule has 0 radical (unpaired) electrons. The Bertz CT molecular complexity index is 272. The first-order valence-electron chi connectivity index (χ1n) is 5.95. The Hall–Kier alpha value is 0.110. The number of rotatable bonds is 5. The number of hydrogen-bond acceptors (Lipinski definition) is 1. The Morgan fingerprint density at radius 3 is 1.67 bits per heavy atom. The molecule has 15 heavy (non-hydrogen) atoms. The summed E-state index contributed by atoms with van der Waals surface area (Å²) in [4.78, 5) is 0. The minimum atomic E-state index is -2.36. The van der Waals surface area contributed by atoms with Crippen LogP contribution in [0, 0.1) is 0 Å². The van der Waals surface area contributed by atoms with Crippen LogP contribution in [0.3, 0.4) is 0 Å². The van der Waals surface area contributed by atoms with E-state index < -0.39 is 7.59 Å². The third-order valence-electron chi connectivity index (χ3n) is 3.42. The normalized spacial score (nSPS) is 42.7. The SMILES string of the molecule is CCN(CC)P(=O)(N1C[C@H]1C)N1C[C@H]1C. The fraction of sp³-hybridized carbons (Fsp3) is 1.00. The molecule has 2 aliphatic rings. The summed E-state index contributed by atoms with van der Waals surface area (Å²) in [5, 5.41) is 0. The van der Waals surface area contributed by atoms with Crippen LogP contribution in [0.5, 0.6) is 0 Å². The van der Waals surface area contributed by atoms with Crippen LogP contribution in [0.15, 0.2) is 0 Å². The quantitative estimate of drug-likeness (QED) is 0.533. The van der Waals surface area contributed by atoms with Crippen LogP contribution in [0.4, 0.5) is 0 Å². The molecular formula is C10H22N3OP. The summed E-state index contributed by atoms with van der Waals surface area (Å²) in [5.41, 5.74) is 0. The summed E-state index contributed by atoms with van der Waals surface area (Å²) in [6.07, 6.45) is 0. The van der Waals surface area contributed by atoms with Crippen LogP contribution in [-0.2, 0) is 4.57 Å². The molecule has 0 N–H and O–H groups in total. The zero-order valence-corrected chi connectivity index (χ0v) is 11.1. The predicted octanol–water partition coefficient (Wildman–Crippen LogP) is 1.84. The van der Waals surface area contributed by atoms with Gasteiger partial charge in [-0.3, -0.25) is 4.57 Å². The number of nitrogens with zero attached hydrogens (tertiary/aromatic N) is 3. The van der Waals surface area contributed by atoms with Crippen LogP contribution in [0.2, 0.25) is 0 Å². The maximum Gasteiger partial charge on any atom is 0.287 e. The summed E-state index contributed by atoms with van der Waals surface area (Å²) in [6.45, 7) is 12.3. The van der Waals surface area contributed by atoms with Gasteiger partial charge < -0.3 is 0 Å². The Labute approximate surface area is 92.7 Å². The van der Waals surface area contributed by atoms with Gasteiger partial charge >= 0.3 is 0 Å². The van der Waals surface area contributed by atoms with Crippen molar-refractivity contribution in [3.63, 3.8) is 0 Å². The van der Waals surface area contributed by atoms with Crippen molar-refractivity contribution in [2.45, 2.75) is 39.8 Å². The fourth-order valence-corrected chi connectivity index (χ4v) is 5.85. The highest BCUT2D eigenvalue weighted by Gasteiger charge is 2.57. The molecule has 2 fully saturated rings. The van der Waals surface area contributed by atoms with Crippen LogP contribution in [0.25, 0.3) is 0 Å². The van der Waals surface area contributed by atoms with E-state index in [9.17, 15) is 4.57 Å². The highest BCUT2D eigenvalue weighted by Crippen LogP contribution is 2.66. The molecule has 88 valence electrons. The highest BCUT2D eigenvalue weighted by molar-refractivity contribution is 7.57. The molecule has 0 aliphatic carbocycles. The zero-order valence-electron chi connectivity index (χ0n) is 10.2. The van der Waals surface area contributed by atoms with Crippen LogP contribution in [0.1, 0.15) is 27.7 Å². The lowest BCUT2D eigenvalue weighted by Crippen LogP contribution is -2.28. The molecule has 0 amide bonds. The van der Waals surface area contributed by atoms with Crippen molar-refractivity contribution in [1.29, 1.82) is 0 Å². The van der Waals surface area contributed by atoms with Crippen LogP contribution < -0.4 is 0 Å². The average molecular weight is 231 g/mol. The highest BCUT2D eigenvalue weighted by atomic mass is 31.2. The number of hydrogen-bond donors (Lipinski definition) is 0. The molecule has 2 rings (SSSR count). The van der Waals surface area contributed by atoms with E-state index in [-0.39, 0.29) is 0 Å². The Balaban J connectivity index is 2.19. The van der Waals surface area contributed by atoms with E-state index >= 15 is 0 Å². The van der Waals surface area contributed by atoms with Crippen molar-refractivity contribution in [2.75, 3.05) is 26.2 Å². The van der Waals surface area contributed by atoms with E-state index in [4.69, 9.17) is 0 Å². The first kappa shape index (κ1) is 11.6. The molecule has 2 unspecified atom stereocenters. The first-order valence-corrected chi connectivity index (χ1v) is 7.51. The monoisotopic (exact) mass is 231 g/mol. The van der Waals surface area contributed by atoms with E-state index in [0.717, 1.165) is 26.2 Å². The minimum Gasteiger partial charge on any atom is -0.270 e. The molecule has 2 heterocycles. The zero-order chi connectivity index (χ0) is 11.2. The van der Waals surface area contributed by atoms with Crippen molar-refractivity contribution in [3.05, 3.63) is 0 Å². The summed E-state index contributed by atoms with van der Waals surface area (Å²) >= 11 is 0. The second-order valence-corrected chi connectivity index (χ2v) is 7.21. The maximum atomic E-state index is 13.1. The summed E-state index contributed by atoms with van der Waals surface area (Å²) < 4.78 is 19.6. The second kappa shape index (κ2) is 3.85. The maximum absolute atomic E-state index is 13.1. The fourth-order valence-electron chi connectivity index (χ4n) is 2.24. The molecule has 0 aromatic heterocycles. The largest absolute Gasteiger partial charge is 0.287 e. The summed E-state index contributed by atoms with van der Waals surface area (Å²) in [5.74, 6) is 0. The van der Waals surface area contributed by atoms with Gasteiger partial charge in [0.25, 0.3) is 7.59 Å². The van der Waals surface area contributed by atoms with Crippen LogP contribution in [-0.4, -0.2) is 52.3 Å². The van der Waals surface area contributed by atoms with Gasteiger partial charge in [-0.1, -0.05) is 13.8 Å². The molecule has 0 aromatic carbocycles. The van der Waals surface area contributed by atoms with Gasteiger partial charge in [-0.2, -0.15) is 0 Å². The molecule has 0 saturated carbocycles. The lowest BCUT2D eigenvalue weighted by atomic mass is 10.6. The van der Waals surface area contributed by atoms with Crippen molar-refractivity contribution < 1.29 is 4.57 Å². The lowest BCUT2D eigenvalue weighted by molar-refractivity contribution is 0.380. The van der Waals surface area contributed by atoms with E-state index in [1.165, 1.54) is 0 Å². The molecule has 2 aliphatic heterocycles.